The molecule has 0 spiro atoms. The molecule has 0 radical (unpaired) electrons. The summed E-state index contributed by atoms with van der Waals surface area (Å²) in [5, 5.41) is 0. The molecule has 0 saturated heterocycles. The van der Waals surface area contributed by atoms with Crippen LogP contribution in [0.15, 0.2) is 18.3 Å². The molecule has 1 aromatic heterocycles. The minimum absolute atomic E-state index is 1.11. The van der Waals surface area contributed by atoms with Gasteiger partial charge in [-0.3, -0.25) is 4.68 Å². The number of nitrogens with two attached hydrogens (primary N) is 1. The van der Waals surface area contributed by atoms with E-state index in [1.807, 2.05) is 12.3 Å². The van der Waals surface area contributed by atoms with Gasteiger partial charge in [-0.25, -0.2) is 0 Å². The van der Waals surface area contributed by atoms with E-state index in [-0.39, 0.29) is 0 Å². The molecular formula is C10H18N2. The second-order valence-electron chi connectivity index (χ2n) is 3.22. The van der Waals surface area contributed by atoms with Gasteiger partial charge in [-0.1, -0.05) is 26.2 Å². The van der Waals surface area contributed by atoms with E-state index in [1.54, 1.807) is 4.68 Å². The number of aryl methyl sites for hydroxylation is 1. The number of nitrogen functional groups attached to an aromatic ring is 1. The standard InChI is InChI=1S/C10H18N2/c1-2-3-4-5-7-10-8-6-9-12(10)11/h6,8-9H,2-5,7,11H2,1H3. The number of hydrogen-bond donors (Lipinski definition) is 1. The minimum Gasteiger partial charge on any atom is -0.339 e. The number of nitrogens with zero attached hydrogens (tertiary/aromatic N) is 1. The molecule has 0 unspecified atom stereocenters. The summed E-state index contributed by atoms with van der Waals surface area (Å²) in [6, 6.07) is 4.08. The van der Waals surface area contributed by atoms with E-state index in [9.17, 15) is 0 Å². The van der Waals surface area contributed by atoms with E-state index in [4.69, 9.17) is 5.84 Å². The molecule has 0 aliphatic rings. The summed E-state index contributed by atoms with van der Waals surface area (Å²) in [5.74, 6) is 5.67. The Morgan fingerprint density at radius 3 is 2.75 bits per heavy atom. The molecule has 0 bridgehead atoms. The van der Waals surface area contributed by atoms with Gasteiger partial charge >= 0.3 is 0 Å². The summed E-state index contributed by atoms with van der Waals surface area (Å²) in [6.07, 6.45) is 8.23. The van der Waals surface area contributed by atoms with Crippen LogP contribution in [0, 0.1) is 0 Å². The van der Waals surface area contributed by atoms with Crippen molar-refractivity contribution in [2.45, 2.75) is 39.0 Å². The normalized spacial score (nSPS) is 10.4. The van der Waals surface area contributed by atoms with Gasteiger partial charge in [-0.2, -0.15) is 0 Å². The van der Waals surface area contributed by atoms with Gasteiger partial charge in [-0.15, -0.1) is 0 Å². The van der Waals surface area contributed by atoms with Crippen LogP contribution >= 0.6 is 0 Å². The Kier molecular flexibility index (Phi) is 3.71. The van der Waals surface area contributed by atoms with Crippen molar-refractivity contribution in [1.29, 1.82) is 0 Å². The van der Waals surface area contributed by atoms with Crippen LogP contribution in [-0.4, -0.2) is 4.68 Å². The molecule has 1 aromatic rings. The molecule has 0 aromatic carbocycles. The maximum Gasteiger partial charge on any atom is 0.0391 e. The predicted molar refractivity (Wildman–Crippen MR) is 52.4 cm³/mol. The molecule has 0 aliphatic carbocycles. The van der Waals surface area contributed by atoms with Crippen LogP contribution in [0.2, 0.25) is 0 Å². The maximum absolute atomic E-state index is 5.67. The second kappa shape index (κ2) is 4.86. The lowest BCUT2D eigenvalue weighted by Crippen LogP contribution is -2.10. The maximum atomic E-state index is 5.67. The monoisotopic (exact) mass is 166 g/mol. The van der Waals surface area contributed by atoms with E-state index < -0.39 is 0 Å². The highest BCUT2D eigenvalue weighted by molar-refractivity contribution is 5.06. The number of rotatable bonds is 5. The first-order valence-electron chi connectivity index (χ1n) is 4.76. The van der Waals surface area contributed by atoms with Crippen LogP contribution in [0.4, 0.5) is 0 Å². The molecule has 1 rings (SSSR count). The first-order valence-corrected chi connectivity index (χ1v) is 4.76. The van der Waals surface area contributed by atoms with E-state index in [2.05, 4.69) is 13.0 Å². The summed E-state index contributed by atoms with van der Waals surface area (Å²) < 4.78 is 1.71. The average molecular weight is 166 g/mol. The molecule has 0 saturated carbocycles. The van der Waals surface area contributed by atoms with Crippen LogP contribution in [0.5, 0.6) is 0 Å². The summed E-state index contributed by atoms with van der Waals surface area (Å²) in [6.45, 7) is 2.23. The van der Waals surface area contributed by atoms with E-state index >= 15 is 0 Å². The predicted octanol–water partition coefficient (Wildman–Crippen LogP) is 2.32. The molecule has 68 valence electrons. The quantitative estimate of drug-likeness (QED) is 0.528. The topological polar surface area (TPSA) is 30.9 Å². The zero-order valence-corrected chi connectivity index (χ0v) is 7.79. The van der Waals surface area contributed by atoms with Crippen LogP contribution < -0.4 is 5.84 Å². The first kappa shape index (κ1) is 9.17. The number of hydrogen-bond acceptors (Lipinski definition) is 1. The Hall–Kier alpha value is -0.920. The van der Waals surface area contributed by atoms with Crippen molar-refractivity contribution in [2.24, 2.45) is 0 Å². The van der Waals surface area contributed by atoms with Gasteiger partial charge < -0.3 is 5.84 Å². The van der Waals surface area contributed by atoms with E-state index in [0.29, 0.717) is 0 Å². The fourth-order valence-corrected chi connectivity index (χ4v) is 1.37. The lowest BCUT2D eigenvalue weighted by molar-refractivity contribution is 0.653. The largest absolute Gasteiger partial charge is 0.339 e. The van der Waals surface area contributed by atoms with Crippen molar-refractivity contribution < 1.29 is 0 Å². The Morgan fingerprint density at radius 2 is 2.17 bits per heavy atom. The SMILES string of the molecule is CCCCCCc1cccn1N. The zero-order valence-electron chi connectivity index (χ0n) is 7.79. The third kappa shape index (κ3) is 2.61. The van der Waals surface area contributed by atoms with Crippen LogP contribution in [-0.2, 0) is 6.42 Å². The van der Waals surface area contributed by atoms with Crippen molar-refractivity contribution >= 4 is 0 Å². The molecule has 0 atom stereocenters. The molecule has 0 fully saturated rings. The molecule has 0 amide bonds. The summed E-state index contributed by atoms with van der Waals surface area (Å²) in [5.41, 5.74) is 1.24. The average Bonchev–Trinajstić information content (AvgIpc) is 2.46. The van der Waals surface area contributed by atoms with Crippen LogP contribution in [0.25, 0.3) is 0 Å². The fraction of sp³-hybridized carbons (Fsp3) is 0.600. The lowest BCUT2D eigenvalue weighted by Gasteiger charge is -2.01. The van der Waals surface area contributed by atoms with Gasteiger partial charge in [0, 0.05) is 11.9 Å². The Balaban J connectivity index is 2.20. The van der Waals surface area contributed by atoms with Crippen molar-refractivity contribution in [2.75, 3.05) is 5.84 Å². The molecule has 2 heteroatoms. The van der Waals surface area contributed by atoms with Gasteiger partial charge in [0.25, 0.3) is 0 Å². The summed E-state index contributed by atoms with van der Waals surface area (Å²) >= 11 is 0. The van der Waals surface area contributed by atoms with Crippen LogP contribution in [0.3, 0.4) is 0 Å². The summed E-state index contributed by atoms with van der Waals surface area (Å²) in [7, 11) is 0. The molecule has 0 aliphatic heterocycles. The Morgan fingerprint density at radius 1 is 1.33 bits per heavy atom. The molecule has 2 N–H and O–H groups in total. The highest BCUT2D eigenvalue weighted by Crippen LogP contribution is 2.06. The molecule has 1 heterocycles. The molecule has 12 heavy (non-hydrogen) atoms. The molecule has 2 nitrogen and oxygen atoms in total. The Bertz CT molecular complexity index is 215. The van der Waals surface area contributed by atoms with Gasteiger partial charge in [-0.05, 0) is 25.0 Å². The number of unbranched alkanes of at least 4 members (excludes halogenated alkanes) is 3. The minimum atomic E-state index is 1.11. The van der Waals surface area contributed by atoms with Gasteiger partial charge in [0.2, 0.25) is 0 Å². The van der Waals surface area contributed by atoms with Gasteiger partial charge in [0.05, 0.1) is 0 Å². The number of aromatic nitrogens is 1. The highest BCUT2D eigenvalue weighted by atomic mass is 15.3. The fourth-order valence-electron chi connectivity index (χ4n) is 1.37. The second-order valence-corrected chi connectivity index (χ2v) is 3.22. The van der Waals surface area contributed by atoms with Gasteiger partial charge in [0.1, 0.15) is 0 Å². The van der Waals surface area contributed by atoms with Gasteiger partial charge in [0.15, 0.2) is 0 Å². The third-order valence-corrected chi connectivity index (χ3v) is 2.15. The highest BCUT2D eigenvalue weighted by Gasteiger charge is 1.96. The van der Waals surface area contributed by atoms with Crippen molar-refractivity contribution in [3.8, 4) is 0 Å². The van der Waals surface area contributed by atoms with E-state index in [1.165, 1.54) is 31.4 Å². The van der Waals surface area contributed by atoms with Crippen molar-refractivity contribution in [3.05, 3.63) is 24.0 Å². The van der Waals surface area contributed by atoms with Crippen molar-refractivity contribution in [1.82, 2.24) is 4.68 Å². The third-order valence-electron chi connectivity index (χ3n) is 2.15. The molecular weight excluding hydrogens is 148 g/mol. The lowest BCUT2D eigenvalue weighted by atomic mass is 10.1. The summed E-state index contributed by atoms with van der Waals surface area (Å²) in [4.78, 5) is 0. The smallest absolute Gasteiger partial charge is 0.0391 e. The van der Waals surface area contributed by atoms with E-state index in [0.717, 1.165) is 6.42 Å². The Labute approximate surface area is 74.4 Å². The van der Waals surface area contributed by atoms with Crippen molar-refractivity contribution in [3.63, 3.8) is 0 Å². The zero-order chi connectivity index (χ0) is 8.81. The van der Waals surface area contributed by atoms with Crippen LogP contribution in [0.1, 0.15) is 38.3 Å². The first-order chi connectivity index (χ1) is 5.84.